The third-order valence-corrected chi connectivity index (χ3v) is 7.01. The minimum atomic E-state index is -1.00. The highest BCUT2D eigenvalue weighted by Crippen LogP contribution is 2.21. The fourth-order valence-corrected chi connectivity index (χ4v) is 4.56. The second-order valence-corrected chi connectivity index (χ2v) is 10.2. The number of pyridine rings is 1. The summed E-state index contributed by atoms with van der Waals surface area (Å²) in [7, 11) is 1.89. The van der Waals surface area contributed by atoms with Gasteiger partial charge in [-0.3, -0.25) is 14.5 Å². The van der Waals surface area contributed by atoms with Crippen LogP contribution >= 0.6 is 0 Å². The summed E-state index contributed by atoms with van der Waals surface area (Å²) in [6, 6.07) is 17.5. The first kappa shape index (κ1) is 35.2. The quantitative estimate of drug-likeness (QED) is 0.0842. The number of hydrogen-bond acceptors (Lipinski definition) is 7. The van der Waals surface area contributed by atoms with Crippen LogP contribution in [0.1, 0.15) is 74.6 Å². The smallest absolute Gasteiger partial charge is 0.435 e. The maximum absolute atomic E-state index is 13.4. The van der Waals surface area contributed by atoms with Crippen molar-refractivity contribution in [3.8, 4) is 0 Å². The Balaban J connectivity index is 0.00000282. The van der Waals surface area contributed by atoms with Crippen molar-refractivity contribution in [2.45, 2.75) is 59.4 Å². The number of nitrogens with one attached hydrogen (secondary N) is 1. The lowest BCUT2D eigenvalue weighted by Gasteiger charge is -2.21. The van der Waals surface area contributed by atoms with E-state index in [0.717, 1.165) is 42.7 Å². The Labute approximate surface area is 269 Å². The van der Waals surface area contributed by atoms with Crippen molar-refractivity contribution in [3.05, 3.63) is 83.8 Å². The molecule has 2 amide bonds. The molecule has 0 radical (unpaired) electrons. The van der Waals surface area contributed by atoms with Gasteiger partial charge in [0.15, 0.2) is 0 Å². The summed E-state index contributed by atoms with van der Waals surface area (Å²) in [6.07, 6.45) is 4.67. The number of carbonyl (C=O) groups excluding carboxylic acids is 2. The van der Waals surface area contributed by atoms with Crippen LogP contribution in [-0.4, -0.2) is 56.6 Å². The molecule has 12 nitrogen and oxygen atoms in total. The number of aliphatic imine (C=N–C) groups is 1. The van der Waals surface area contributed by atoms with Crippen LogP contribution < -0.4 is 16.0 Å². The summed E-state index contributed by atoms with van der Waals surface area (Å²) in [5.74, 6) is -0.165. The molecular formula is C34H43N7O5. The molecule has 244 valence electrons. The molecule has 12 heteroatoms. The summed E-state index contributed by atoms with van der Waals surface area (Å²) >= 11 is 0. The van der Waals surface area contributed by atoms with Gasteiger partial charge in [0.1, 0.15) is 17.5 Å². The topological polar surface area (TPSA) is 165 Å². The van der Waals surface area contributed by atoms with E-state index >= 15 is 0 Å². The van der Waals surface area contributed by atoms with Crippen LogP contribution in [0.5, 0.6) is 0 Å². The number of rotatable bonds is 14. The van der Waals surface area contributed by atoms with E-state index in [1.807, 2.05) is 43.7 Å². The average Bonchev–Trinajstić information content (AvgIpc) is 3.39. The summed E-state index contributed by atoms with van der Waals surface area (Å²) in [5.41, 5.74) is 9.26. The van der Waals surface area contributed by atoms with Crippen LogP contribution in [-0.2, 0) is 23.1 Å². The Morgan fingerprint density at radius 3 is 2.43 bits per heavy atom. The number of carbonyl (C=O) groups is 3. The van der Waals surface area contributed by atoms with Gasteiger partial charge in [0.05, 0.1) is 30.6 Å². The molecule has 2 heterocycles. The van der Waals surface area contributed by atoms with E-state index in [4.69, 9.17) is 15.5 Å². The van der Waals surface area contributed by atoms with Gasteiger partial charge in [0, 0.05) is 36.6 Å². The zero-order valence-electron chi connectivity index (χ0n) is 26.9. The number of unbranched alkanes of at least 4 members (excludes halogenated alkanes) is 3. The zero-order chi connectivity index (χ0) is 33.5. The van der Waals surface area contributed by atoms with E-state index in [-0.39, 0.29) is 24.7 Å². The largest absolute Gasteiger partial charge is 0.481 e. The predicted molar refractivity (Wildman–Crippen MR) is 180 cm³/mol. The van der Waals surface area contributed by atoms with Gasteiger partial charge in [-0.1, -0.05) is 46.1 Å². The standard InChI is InChI=1S/C32H37N7O5.C2H6/c1-3-4-5-8-19-44-32(43)37-30(33)22-10-13-24(14-11-22)35-21-28-36-25-20-23(12-15-26(25)38(28)2)31(42)39(18-16-29(40)41)27-9-6-7-17-34-27;1-2/h6-7,9-15,17,20,35H,3-5,8,16,18-19,21H2,1-2H3,(H,40,41)(H2,33,37,43);1-2H3. The highest BCUT2D eigenvalue weighted by Gasteiger charge is 2.21. The van der Waals surface area contributed by atoms with Crippen molar-refractivity contribution in [1.82, 2.24) is 14.5 Å². The molecule has 4 rings (SSSR count). The predicted octanol–water partition coefficient (Wildman–Crippen LogP) is 6.15. The number of aryl methyl sites for hydroxylation is 1. The molecule has 2 aromatic heterocycles. The fraction of sp³-hybridized carbons (Fsp3) is 0.353. The first-order chi connectivity index (χ1) is 22.3. The number of hydrogen-bond donors (Lipinski definition) is 3. The Bertz CT molecular complexity index is 1620. The monoisotopic (exact) mass is 629 g/mol. The van der Waals surface area contributed by atoms with E-state index in [1.165, 1.54) is 4.90 Å². The summed E-state index contributed by atoms with van der Waals surface area (Å²) in [5, 5.41) is 12.5. The molecule has 46 heavy (non-hydrogen) atoms. The maximum atomic E-state index is 13.4. The third-order valence-electron chi connectivity index (χ3n) is 7.01. The maximum Gasteiger partial charge on any atom is 0.435 e. The molecule has 4 N–H and O–H groups in total. The van der Waals surface area contributed by atoms with Crippen molar-refractivity contribution >= 4 is 46.3 Å². The molecule has 0 aliphatic carbocycles. The number of amides is 2. The molecule has 0 saturated heterocycles. The van der Waals surface area contributed by atoms with E-state index < -0.39 is 12.1 Å². The Kier molecular flexibility index (Phi) is 13.7. The van der Waals surface area contributed by atoms with Crippen molar-refractivity contribution in [2.24, 2.45) is 17.8 Å². The van der Waals surface area contributed by atoms with Gasteiger partial charge >= 0.3 is 12.1 Å². The van der Waals surface area contributed by atoms with Crippen LogP contribution in [0.25, 0.3) is 11.0 Å². The lowest BCUT2D eigenvalue weighted by molar-refractivity contribution is -0.136. The summed E-state index contributed by atoms with van der Waals surface area (Å²) in [4.78, 5) is 50.7. The number of amidine groups is 1. The molecule has 0 aliphatic rings. The lowest BCUT2D eigenvalue weighted by Crippen LogP contribution is -2.33. The van der Waals surface area contributed by atoms with Crippen molar-refractivity contribution in [1.29, 1.82) is 0 Å². The molecule has 2 aromatic carbocycles. The number of carboxylic acid groups (broad SMARTS) is 1. The Morgan fingerprint density at radius 1 is 1.02 bits per heavy atom. The number of nitrogens with two attached hydrogens (primary N) is 1. The number of imidazole rings is 1. The molecule has 4 aromatic rings. The Morgan fingerprint density at radius 2 is 1.76 bits per heavy atom. The lowest BCUT2D eigenvalue weighted by atomic mass is 10.1. The Hall–Kier alpha value is -5.26. The summed E-state index contributed by atoms with van der Waals surface area (Å²) in [6.45, 7) is 6.84. The number of nitrogens with zero attached hydrogens (tertiary/aromatic N) is 5. The SMILES string of the molecule is CC.CCCCCCOC(=O)/N=C(\N)c1ccc(NCc2nc3cc(C(=O)N(CCC(=O)O)c4ccccn4)ccc3n2C)cc1. The molecule has 0 saturated carbocycles. The molecule has 0 spiro atoms. The average molecular weight is 630 g/mol. The summed E-state index contributed by atoms with van der Waals surface area (Å²) < 4.78 is 7.06. The van der Waals surface area contributed by atoms with Crippen molar-refractivity contribution in [2.75, 3.05) is 23.4 Å². The van der Waals surface area contributed by atoms with Crippen LogP contribution in [0.4, 0.5) is 16.3 Å². The van der Waals surface area contributed by atoms with Crippen LogP contribution in [0.2, 0.25) is 0 Å². The highest BCUT2D eigenvalue weighted by molar-refractivity contribution is 6.07. The van der Waals surface area contributed by atoms with Gasteiger partial charge in [-0.25, -0.2) is 14.8 Å². The van der Waals surface area contributed by atoms with Gasteiger partial charge in [0.2, 0.25) is 0 Å². The normalized spacial score (nSPS) is 11.0. The van der Waals surface area contributed by atoms with Crippen LogP contribution in [0, 0.1) is 0 Å². The third kappa shape index (κ3) is 9.88. The molecule has 0 atom stereocenters. The van der Waals surface area contributed by atoms with Crippen LogP contribution in [0.15, 0.2) is 71.9 Å². The highest BCUT2D eigenvalue weighted by atomic mass is 16.5. The molecule has 0 fully saturated rings. The minimum Gasteiger partial charge on any atom is -0.481 e. The minimum absolute atomic E-state index is 0.0138. The first-order valence-corrected chi connectivity index (χ1v) is 15.5. The van der Waals surface area contributed by atoms with E-state index in [2.05, 4.69) is 22.2 Å². The fourth-order valence-electron chi connectivity index (χ4n) is 4.56. The van der Waals surface area contributed by atoms with Gasteiger partial charge in [-0.15, -0.1) is 0 Å². The number of benzene rings is 2. The number of aliphatic carboxylic acids is 1. The van der Waals surface area contributed by atoms with Crippen molar-refractivity contribution in [3.63, 3.8) is 0 Å². The van der Waals surface area contributed by atoms with Gasteiger partial charge in [-0.2, -0.15) is 4.99 Å². The number of fused-ring (bicyclic) bond motifs is 1. The van der Waals surface area contributed by atoms with Crippen molar-refractivity contribution < 1.29 is 24.2 Å². The van der Waals surface area contributed by atoms with Gasteiger partial charge in [0.25, 0.3) is 5.91 Å². The number of anilines is 2. The second kappa shape index (κ2) is 17.9. The van der Waals surface area contributed by atoms with Gasteiger partial charge < -0.3 is 25.5 Å². The number of carboxylic acids is 1. The molecule has 0 unspecified atom stereocenters. The first-order valence-electron chi connectivity index (χ1n) is 15.5. The van der Waals surface area contributed by atoms with Crippen LogP contribution in [0.3, 0.4) is 0 Å². The molecule has 0 bridgehead atoms. The second-order valence-electron chi connectivity index (χ2n) is 10.2. The number of ether oxygens (including phenoxy) is 1. The van der Waals surface area contributed by atoms with E-state index in [0.29, 0.717) is 35.6 Å². The number of aromatic nitrogens is 3. The molecular weight excluding hydrogens is 586 g/mol. The zero-order valence-corrected chi connectivity index (χ0v) is 26.9. The van der Waals surface area contributed by atoms with Gasteiger partial charge in [-0.05, 0) is 61.0 Å². The van der Waals surface area contributed by atoms with E-state index in [9.17, 15) is 19.5 Å². The van der Waals surface area contributed by atoms with E-state index in [1.54, 1.807) is 48.7 Å². The molecule has 0 aliphatic heterocycles.